The third-order valence-corrected chi connectivity index (χ3v) is 3.59. The quantitative estimate of drug-likeness (QED) is 0.784. The van der Waals surface area contributed by atoms with Gasteiger partial charge in [0.2, 0.25) is 5.91 Å². The summed E-state index contributed by atoms with van der Waals surface area (Å²) in [5.74, 6) is 0.212. The first-order chi connectivity index (χ1) is 8.46. The van der Waals surface area contributed by atoms with Gasteiger partial charge in [-0.15, -0.1) is 0 Å². The minimum Gasteiger partial charge on any atom is -0.341 e. The predicted molar refractivity (Wildman–Crippen MR) is 71.9 cm³/mol. The number of carbonyl (C=O) groups is 1. The third-order valence-electron chi connectivity index (χ3n) is 3.59. The van der Waals surface area contributed by atoms with E-state index < -0.39 is 0 Å². The fourth-order valence-electron chi connectivity index (χ4n) is 2.21. The average molecular weight is 251 g/mol. The van der Waals surface area contributed by atoms with E-state index in [2.05, 4.69) is 25.2 Å². The Morgan fingerprint density at radius 2 is 2.06 bits per heavy atom. The lowest BCUT2D eigenvalue weighted by atomic mass is 9.88. The van der Waals surface area contributed by atoms with Gasteiger partial charge in [-0.05, 0) is 31.6 Å². The van der Waals surface area contributed by atoms with Gasteiger partial charge in [-0.25, -0.2) is 0 Å². The molecule has 0 aromatic carbocycles. The number of hydrogen-bond acceptors (Lipinski definition) is 3. The molecule has 1 saturated heterocycles. The predicted octanol–water partition coefficient (Wildman–Crippen LogP) is 1.92. The van der Waals surface area contributed by atoms with Crippen LogP contribution in [-0.2, 0) is 4.79 Å². The van der Waals surface area contributed by atoms with Crippen molar-refractivity contribution in [2.24, 2.45) is 5.41 Å². The molecule has 102 valence electrons. The second-order valence-corrected chi connectivity index (χ2v) is 5.96. The Balaban J connectivity index is 2.33. The van der Waals surface area contributed by atoms with Crippen LogP contribution < -0.4 is 5.32 Å². The van der Waals surface area contributed by atoms with E-state index in [-0.39, 0.29) is 17.4 Å². The van der Waals surface area contributed by atoms with E-state index in [1.54, 1.807) is 0 Å². The van der Waals surface area contributed by atoms with Crippen LogP contribution in [0.4, 0.5) is 0 Å². The summed E-state index contributed by atoms with van der Waals surface area (Å²) in [5, 5.41) is 11.9. The molecule has 0 aromatic heterocycles. The van der Waals surface area contributed by atoms with Gasteiger partial charge in [-0.1, -0.05) is 13.8 Å². The maximum atomic E-state index is 12.1. The molecule has 1 amide bonds. The van der Waals surface area contributed by atoms with Gasteiger partial charge in [0.25, 0.3) is 0 Å². The Morgan fingerprint density at radius 3 is 2.61 bits per heavy atom. The van der Waals surface area contributed by atoms with Gasteiger partial charge < -0.3 is 10.2 Å². The first-order valence-corrected chi connectivity index (χ1v) is 6.85. The van der Waals surface area contributed by atoms with Crippen molar-refractivity contribution in [2.75, 3.05) is 19.6 Å². The maximum absolute atomic E-state index is 12.1. The number of rotatable bonds is 6. The number of hydrogen-bond donors (Lipinski definition) is 1. The molecule has 0 saturated carbocycles. The molecule has 0 radical (unpaired) electrons. The standard InChI is InChI=1S/C14H25N3O/c1-12(13(18)17-9-4-5-10-17)16-11-14(2,3)7-6-8-15/h12,16H,4-7,9-11H2,1-3H3. The molecule has 18 heavy (non-hydrogen) atoms. The van der Waals surface area contributed by atoms with E-state index in [1.165, 1.54) is 0 Å². The van der Waals surface area contributed by atoms with Crippen molar-refractivity contribution in [3.05, 3.63) is 0 Å². The van der Waals surface area contributed by atoms with Crippen LogP contribution >= 0.6 is 0 Å². The van der Waals surface area contributed by atoms with E-state index in [1.807, 2.05) is 11.8 Å². The normalized spacial score (nSPS) is 17.6. The fraction of sp³-hybridized carbons (Fsp3) is 0.857. The fourth-order valence-corrected chi connectivity index (χ4v) is 2.21. The van der Waals surface area contributed by atoms with Crippen LogP contribution in [0, 0.1) is 16.7 Å². The van der Waals surface area contributed by atoms with Crippen LogP contribution in [0.2, 0.25) is 0 Å². The number of likely N-dealkylation sites (tertiary alicyclic amines) is 1. The van der Waals surface area contributed by atoms with Crippen molar-refractivity contribution in [3.63, 3.8) is 0 Å². The molecule has 0 spiro atoms. The molecule has 0 bridgehead atoms. The number of nitrogens with zero attached hydrogens (tertiary/aromatic N) is 2. The van der Waals surface area contributed by atoms with Crippen LogP contribution in [0.15, 0.2) is 0 Å². The molecule has 1 heterocycles. The Labute approximate surface area is 110 Å². The summed E-state index contributed by atoms with van der Waals surface area (Å²) in [6.45, 7) is 8.77. The zero-order chi connectivity index (χ0) is 13.6. The molecule has 1 N–H and O–H groups in total. The Hall–Kier alpha value is -1.08. The van der Waals surface area contributed by atoms with Crippen molar-refractivity contribution in [1.82, 2.24) is 10.2 Å². The Kier molecular flexibility index (Phi) is 5.61. The van der Waals surface area contributed by atoms with Gasteiger partial charge >= 0.3 is 0 Å². The summed E-state index contributed by atoms with van der Waals surface area (Å²) in [6, 6.07) is 2.06. The number of nitrogens with one attached hydrogen (secondary N) is 1. The first kappa shape index (κ1) is 15.0. The van der Waals surface area contributed by atoms with E-state index >= 15 is 0 Å². The van der Waals surface area contributed by atoms with E-state index in [4.69, 9.17) is 5.26 Å². The molecule has 1 rings (SSSR count). The highest BCUT2D eigenvalue weighted by molar-refractivity contribution is 5.81. The Bertz CT molecular complexity index is 313. The van der Waals surface area contributed by atoms with Crippen LogP contribution in [0.1, 0.15) is 46.5 Å². The SMILES string of the molecule is CC(NCC(C)(C)CCC#N)C(=O)N1CCCC1. The van der Waals surface area contributed by atoms with Crippen molar-refractivity contribution in [3.8, 4) is 6.07 Å². The second kappa shape index (κ2) is 6.75. The Morgan fingerprint density at radius 1 is 1.44 bits per heavy atom. The van der Waals surface area contributed by atoms with Crippen LogP contribution in [-0.4, -0.2) is 36.5 Å². The summed E-state index contributed by atoms with van der Waals surface area (Å²) >= 11 is 0. The molecule has 1 fully saturated rings. The summed E-state index contributed by atoms with van der Waals surface area (Å²) in [7, 11) is 0. The van der Waals surface area contributed by atoms with Gasteiger partial charge in [0.15, 0.2) is 0 Å². The minimum absolute atomic E-state index is 0.0648. The van der Waals surface area contributed by atoms with Gasteiger partial charge in [0.1, 0.15) is 0 Å². The van der Waals surface area contributed by atoms with E-state index in [0.717, 1.165) is 38.9 Å². The van der Waals surface area contributed by atoms with Crippen molar-refractivity contribution >= 4 is 5.91 Å². The number of amides is 1. The van der Waals surface area contributed by atoms with Crippen molar-refractivity contribution < 1.29 is 4.79 Å². The largest absolute Gasteiger partial charge is 0.341 e. The van der Waals surface area contributed by atoms with Gasteiger partial charge in [-0.3, -0.25) is 4.79 Å². The third kappa shape index (κ3) is 4.66. The van der Waals surface area contributed by atoms with Crippen LogP contribution in [0.3, 0.4) is 0 Å². The molecule has 1 atom stereocenters. The lowest BCUT2D eigenvalue weighted by Gasteiger charge is -2.27. The summed E-state index contributed by atoms with van der Waals surface area (Å²) in [4.78, 5) is 14.0. The highest BCUT2D eigenvalue weighted by atomic mass is 16.2. The molecule has 4 nitrogen and oxygen atoms in total. The topological polar surface area (TPSA) is 56.1 Å². The summed E-state index contributed by atoms with van der Waals surface area (Å²) in [5.41, 5.74) is 0.0648. The number of nitriles is 1. The highest BCUT2D eigenvalue weighted by Crippen LogP contribution is 2.21. The molecule has 1 aliphatic heterocycles. The molecule has 4 heteroatoms. The lowest BCUT2D eigenvalue weighted by Crippen LogP contribution is -2.46. The molecule has 1 unspecified atom stereocenters. The van der Waals surface area contributed by atoms with Gasteiger partial charge in [0.05, 0.1) is 12.1 Å². The average Bonchev–Trinajstić information content (AvgIpc) is 2.86. The first-order valence-electron chi connectivity index (χ1n) is 6.85. The zero-order valence-corrected chi connectivity index (χ0v) is 11.8. The van der Waals surface area contributed by atoms with Crippen molar-refractivity contribution in [1.29, 1.82) is 5.26 Å². The van der Waals surface area contributed by atoms with Gasteiger partial charge in [-0.2, -0.15) is 5.26 Å². The second-order valence-electron chi connectivity index (χ2n) is 5.96. The van der Waals surface area contributed by atoms with Crippen molar-refractivity contribution in [2.45, 2.75) is 52.5 Å². The van der Waals surface area contributed by atoms with E-state index in [9.17, 15) is 4.79 Å². The smallest absolute Gasteiger partial charge is 0.239 e. The molecule has 0 aromatic rings. The van der Waals surface area contributed by atoms with Crippen LogP contribution in [0.5, 0.6) is 0 Å². The summed E-state index contributed by atoms with van der Waals surface area (Å²) in [6.07, 6.45) is 3.70. The lowest BCUT2D eigenvalue weighted by molar-refractivity contribution is -0.132. The van der Waals surface area contributed by atoms with Crippen LogP contribution in [0.25, 0.3) is 0 Å². The molecular weight excluding hydrogens is 226 g/mol. The van der Waals surface area contributed by atoms with Gasteiger partial charge in [0, 0.05) is 26.1 Å². The number of carbonyl (C=O) groups excluding carboxylic acids is 1. The molecular formula is C14H25N3O. The summed E-state index contributed by atoms with van der Waals surface area (Å²) < 4.78 is 0. The molecule has 0 aliphatic carbocycles. The minimum atomic E-state index is -0.121. The van der Waals surface area contributed by atoms with E-state index in [0.29, 0.717) is 6.42 Å². The highest BCUT2D eigenvalue weighted by Gasteiger charge is 2.25. The zero-order valence-electron chi connectivity index (χ0n) is 11.8. The maximum Gasteiger partial charge on any atom is 0.239 e. The monoisotopic (exact) mass is 251 g/mol. The molecule has 1 aliphatic rings.